The summed E-state index contributed by atoms with van der Waals surface area (Å²) in [4.78, 5) is 4.36. The Labute approximate surface area is 126 Å². The zero-order valence-electron chi connectivity index (χ0n) is 11.7. The van der Waals surface area contributed by atoms with Gasteiger partial charge in [0.2, 0.25) is 0 Å². The fourth-order valence-corrected chi connectivity index (χ4v) is 2.54. The molecule has 1 aromatic carbocycles. The molecule has 0 N–H and O–H groups in total. The van der Waals surface area contributed by atoms with Crippen LogP contribution in [0.5, 0.6) is 5.75 Å². The number of methoxy groups -OCH3 is 1. The van der Waals surface area contributed by atoms with E-state index in [0.717, 1.165) is 17.0 Å². The van der Waals surface area contributed by atoms with Crippen LogP contribution in [0.3, 0.4) is 0 Å². The highest BCUT2D eigenvalue weighted by molar-refractivity contribution is 6.16. The average Bonchev–Trinajstić information content (AvgIpc) is 3.02. The average molecular weight is 309 g/mol. The standard InChI is InChI=1S/C15H14ClFN2O2/c1-9-3-4-10(21-9)8-19-13-6-14(20-2)11(17)5-12(13)18-15(19)7-16/h3-6H,7-8H2,1-2H3. The van der Waals surface area contributed by atoms with Gasteiger partial charge in [-0.2, -0.15) is 0 Å². The molecule has 3 rings (SSSR count). The van der Waals surface area contributed by atoms with Crippen LogP contribution in [-0.4, -0.2) is 16.7 Å². The van der Waals surface area contributed by atoms with Gasteiger partial charge in [0.25, 0.3) is 0 Å². The molecular formula is C15H14ClFN2O2. The van der Waals surface area contributed by atoms with E-state index in [2.05, 4.69) is 4.98 Å². The van der Waals surface area contributed by atoms with Crippen molar-refractivity contribution in [2.45, 2.75) is 19.3 Å². The molecule has 110 valence electrons. The van der Waals surface area contributed by atoms with Crippen molar-refractivity contribution in [1.82, 2.24) is 9.55 Å². The maximum Gasteiger partial charge on any atom is 0.167 e. The first kappa shape index (κ1) is 13.9. The number of aromatic nitrogens is 2. The van der Waals surface area contributed by atoms with Crippen LogP contribution in [0.2, 0.25) is 0 Å². The molecule has 0 bridgehead atoms. The number of furan rings is 1. The van der Waals surface area contributed by atoms with Crippen molar-refractivity contribution in [2.75, 3.05) is 7.11 Å². The van der Waals surface area contributed by atoms with E-state index in [1.807, 2.05) is 23.6 Å². The Balaban J connectivity index is 2.14. The molecule has 4 nitrogen and oxygen atoms in total. The molecule has 0 atom stereocenters. The van der Waals surface area contributed by atoms with Crippen LogP contribution in [0.15, 0.2) is 28.7 Å². The lowest BCUT2D eigenvalue weighted by Crippen LogP contribution is -2.03. The molecule has 6 heteroatoms. The molecule has 0 aliphatic heterocycles. The molecular weight excluding hydrogens is 295 g/mol. The summed E-state index contributed by atoms with van der Waals surface area (Å²) >= 11 is 5.95. The summed E-state index contributed by atoms with van der Waals surface area (Å²) in [6.07, 6.45) is 0. The maximum absolute atomic E-state index is 13.8. The largest absolute Gasteiger partial charge is 0.494 e. The predicted molar refractivity (Wildman–Crippen MR) is 78.3 cm³/mol. The van der Waals surface area contributed by atoms with E-state index in [0.29, 0.717) is 17.9 Å². The Morgan fingerprint density at radius 3 is 2.81 bits per heavy atom. The van der Waals surface area contributed by atoms with Crippen molar-refractivity contribution >= 4 is 22.6 Å². The molecule has 0 fully saturated rings. The zero-order valence-corrected chi connectivity index (χ0v) is 12.4. The summed E-state index contributed by atoms with van der Waals surface area (Å²) in [5.74, 6) is 2.27. The second kappa shape index (κ2) is 5.41. The highest BCUT2D eigenvalue weighted by Crippen LogP contribution is 2.27. The monoisotopic (exact) mass is 308 g/mol. The van der Waals surface area contributed by atoms with Gasteiger partial charge < -0.3 is 13.7 Å². The minimum Gasteiger partial charge on any atom is -0.494 e. The summed E-state index contributed by atoms with van der Waals surface area (Å²) in [7, 11) is 1.43. The van der Waals surface area contributed by atoms with Crippen LogP contribution >= 0.6 is 11.6 Å². The number of rotatable bonds is 4. The van der Waals surface area contributed by atoms with E-state index in [1.165, 1.54) is 13.2 Å². The van der Waals surface area contributed by atoms with Crippen molar-refractivity contribution < 1.29 is 13.5 Å². The van der Waals surface area contributed by atoms with Crippen LogP contribution in [0.4, 0.5) is 4.39 Å². The van der Waals surface area contributed by atoms with E-state index < -0.39 is 5.82 Å². The minimum atomic E-state index is -0.440. The molecule has 0 spiro atoms. The SMILES string of the molecule is COc1cc2c(cc1F)nc(CCl)n2Cc1ccc(C)o1. The van der Waals surface area contributed by atoms with E-state index in [1.54, 1.807) is 6.07 Å². The number of benzene rings is 1. The first-order valence-electron chi connectivity index (χ1n) is 6.46. The fraction of sp³-hybridized carbons (Fsp3) is 0.267. The first-order chi connectivity index (χ1) is 10.1. The van der Waals surface area contributed by atoms with Gasteiger partial charge in [0.15, 0.2) is 11.6 Å². The van der Waals surface area contributed by atoms with Gasteiger partial charge in [-0.05, 0) is 19.1 Å². The summed E-state index contributed by atoms with van der Waals surface area (Å²) < 4.78 is 26.3. The van der Waals surface area contributed by atoms with Crippen molar-refractivity contribution in [3.8, 4) is 5.75 Å². The molecule has 3 aromatic rings. The Bertz CT molecular complexity index is 794. The molecule has 0 saturated heterocycles. The number of aryl methyl sites for hydroxylation is 1. The van der Waals surface area contributed by atoms with Crippen molar-refractivity contribution in [3.63, 3.8) is 0 Å². The van der Waals surface area contributed by atoms with Gasteiger partial charge >= 0.3 is 0 Å². The summed E-state index contributed by atoms with van der Waals surface area (Å²) in [5, 5.41) is 0. The summed E-state index contributed by atoms with van der Waals surface area (Å²) in [6.45, 7) is 2.37. The van der Waals surface area contributed by atoms with Gasteiger partial charge in [-0.1, -0.05) is 0 Å². The van der Waals surface area contributed by atoms with Crippen molar-refractivity contribution in [3.05, 3.63) is 47.4 Å². The van der Waals surface area contributed by atoms with Gasteiger partial charge in [-0.15, -0.1) is 11.6 Å². The van der Waals surface area contributed by atoms with Gasteiger partial charge in [0, 0.05) is 12.1 Å². The third-order valence-electron chi connectivity index (χ3n) is 3.33. The number of alkyl halides is 1. The molecule has 0 saturated carbocycles. The molecule has 2 heterocycles. The molecule has 0 radical (unpaired) electrons. The normalized spacial score (nSPS) is 11.2. The Kier molecular flexibility index (Phi) is 3.59. The lowest BCUT2D eigenvalue weighted by Gasteiger charge is -2.07. The summed E-state index contributed by atoms with van der Waals surface area (Å²) in [6, 6.07) is 6.78. The number of ether oxygens (including phenoxy) is 1. The Morgan fingerprint density at radius 1 is 1.38 bits per heavy atom. The van der Waals surface area contributed by atoms with Crippen LogP contribution in [-0.2, 0) is 12.4 Å². The highest BCUT2D eigenvalue weighted by Gasteiger charge is 2.15. The van der Waals surface area contributed by atoms with E-state index in [9.17, 15) is 4.39 Å². The second-order valence-electron chi connectivity index (χ2n) is 4.74. The van der Waals surface area contributed by atoms with Crippen LogP contribution in [0.25, 0.3) is 11.0 Å². The quantitative estimate of drug-likeness (QED) is 0.687. The molecule has 2 aromatic heterocycles. The van der Waals surface area contributed by atoms with E-state index in [4.69, 9.17) is 20.8 Å². The third kappa shape index (κ3) is 2.49. The molecule has 0 aliphatic carbocycles. The second-order valence-corrected chi connectivity index (χ2v) is 5.00. The van der Waals surface area contributed by atoms with E-state index in [-0.39, 0.29) is 11.6 Å². The van der Waals surface area contributed by atoms with Gasteiger partial charge in [-0.3, -0.25) is 0 Å². The van der Waals surface area contributed by atoms with Crippen LogP contribution < -0.4 is 4.74 Å². The topological polar surface area (TPSA) is 40.2 Å². The lowest BCUT2D eigenvalue weighted by atomic mass is 10.2. The Hall–Kier alpha value is -2.01. The van der Waals surface area contributed by atoms with E-state index >= 15 is 0 Å². The first-order valence-corrected chi connectivity index (χ1v) is 6.99. The predicted octanol–water partition coefficient (Wildman–Crippen LogP) is 3.87. The van der Waals surface area contributed by atoms with Crippen molar-refractivity contribution in [1.29, 1.82) is 0 Å². The van der Waals surface area contributed by atoms with Gasteiger partial charge in [-0.25, -0.2) is 9.37 Å². The molecule has 21 heavy (non-hydrogen) atoms. The smallest absolute Gasteiger partial charge is 0.167 e. The Morgan fingerprint density at radius 2 is 2.19 bits per heavy atom. The highest BCUT2D eigenvalue weighted by atomic mass is 35.5. The van der Waals surface area contributed by atoms with Crippen molar-refractivity contribution in [2.24, 2.45) is 0 Å². The van der Waals surface area contributed by atoms with Gasteiger partial charge in [0.05, 0.1) is 30.6 Å². The fourth-order valence-electron chi connectivity index (χ4n) is 2.34. The number of hydrogen-bond acceptors (Lipinski definition) is 3. The molecule has 0 aliphatic rings. The number of hydrogen-bond donors (Lipinski definition) is 0. The molecule has 0 amide bonds. The minimum absolute atomic E-state index is 0.181. The molecule has 0 unspecified atom stereocenters. The number of nitrogens with zero attached hydrogens (tertiary/aromatic N) is 2. The maximum atomic E-state index is 13.8. The van der Waals surface area contributed by atoms with Crippen LogP contribution in [0.1, 0.15) is 17.3 Å². The number of halogens is 2. The third-order valence-corrected chi connectivity index (χ3v) is 3.57. The lowest BCUT2D eigenvalue weighted by molar-refractivity contribution is 0.387. The zero-order chi connectivity index (χ0) is 15.0. The number of fused-ring (bicyclic) bond motifs is 1. The number of imidazole rings is 1. The van der Waals surface area contributed by atoms with Crippen LogP contribution in [0, 0.1) is 12.7 Å². The van der Waals surface area contributed by atoms with Gasteiger partial charge in [0.1, 0.15) is 17.3 Å². The summed E-state index contributed by atoms with van der Waals surface area (Å²) in [5.41, 5.74) is 1.31.